The maximum absolute atomic E-state index is 5.69. The van der Waals surface area contributed by atoms with Crippen LogP contribution < -0.4 is 10.1 Å². The summed E-state index contributed by atoms with van der Waals surface area (Å²) in [6, 6.07) is 12.5. The van der Waals surface area contributed by atoms with E-state index in [0.717, 1.165) is 38.3 Å². The molecule has 20 heavy (non-hydrogen) atoms. The number of fused-ring (bicyclic) bond motifs is 1. The molecule has 3 nitrogen and oxygen atoms in total. The summed E-state index contributed by atoms with van der Waals surface area (Å²) >= 11 is 0. The maximum Gasteiger partial charge on any atom is 0.122 e. The molecule has 3 heteroatoms. The molecule has 1 atom stereocenters. The van der Waals surface area contributed by atoms with Crippen molar-refractivity contribution in [2.45, 2.75) is 18.8 Å². The van der Waals surface area contributed by atoms with Crippen LogP contribution in [0, 0.1) is 0 Å². The second kappa shape index (κ2) is 6.53. The highest BCUT2D eigenvalue weighted by atomic mass is 16.5. The molecular formula is C17H20N2O. The van der Waals surface area contributed by atoms with Gasteiger partial charge in [0.05, 0.1) is 6.61 Å². The van der Waals surface area contributed by atoms with Crippen LogP contribution >= 0.6 is 0 Å². The zero-order valence-electron chi connectivity index (χ0n) is 11.6. The van der Waals surface area contributed by atoms with Crippen LogP contribution in [0.1, 0.15) is 23.5 Å². The number of benzene rings is 1. The predicted molar refractivity (Wildman–Crippen MR) is 80.1 cm³/mol. The van der Waals surface area contributed by atoms with E-state index < -0.39 is 0 Å². The number of ether oxygens (including phenoxy) is 1. The van der Waals surface area contributed by atoms with Gasteiger partial charge in [0.25, 0.3) is 0 Å². The molecule has 3 rings (SSSR count). The van der Waals surface area contributed by atoms with E-state index in [1.165, 1.54) is 11.1 Å². The Bertz CT molecular complexity index is 542. The molecule has 1 N–H and O–H groups in total. The first-order valence-electron chi connectivity index (χ1n) is 7.25. The third-order valence-electron chi connectivity index (χ3n) is 3.79. The van der Waals surface area contributed by atoms with Gasteiger partial charge in [0.2, 0.25) is 0 Å². The van der Waals surface area contributed by atoms with E-state index in [2.05, 4.69) is 34.6 Å². The quantitative estimate of drug-likeness (QED) is 0.847. The molecule has 0 amide bonds. The van der Waals surface area contributed by atoms with Crippen molar-refractivity contribution in [2.24, 2.45) is 0 Å². The van der Waals surface area contributed by atoms with Gasteiger partial charge in [-0.1, -0.05) is 24.3 Å². The van der Waals surface area contributed by atoms with Gasteiger partial charge < -0.3 is 10.1 Å². The maximum atomic E-state index is 5.69. The second-order valence-electron chi connectivity index (χ2n) is 5.19. The Balaban J connectivity index is 1.50. The van der Waals surface area contributed by atoms with Crippen LogP contribution in [0.5, 0.6) is 5.75 Å². The number of hydrogen-bond acceptors (Lipinski definition) is 3. The van der Waals surface area contributed by atoms with E-state index in [0.29, 0.717) is 5.92 Å². The summed E-state index contributed by atoms with van der Waals surface area (Å²) in [5.41, 5.74) is 2.63. The van der Waals surface area contributed by atoms with Gasteiger partial charge in [0.1, 0.15) is 5.75 Å². The van der Waals surface area contributed by atoms with Crippen LogP contribution in [0.2, 0.25) is 0 Å². The molecule has 2 heterocycles. The molecule has 1 aliphatic rings. The summed E-state index contributed by atoms with van der Waals surface area (Å²) in [6.45, 7) is 2.83. The van der Waals surface area contributed by atoms with Crippen molar-refractivity contribution in [2.75, 3.05) is 19.7 Å². The van der Waals surface area contributed by atoms with E-state index in [1.54, 1.807) is 0 Å². The number of para-hydroxylation sites is 1. The Morgan fingerprint density at radius 3 is 3.05 bits per heavy atom. The van der Waals surface area contributed by atoms with Crippen molar-refractivity contribution in [1.29, 1.82) is 0 Å². The van der Waals surface area contributed by atoms with Crippen molar-refractivity contribution in [3.63, 3.8) is 0 Å². The molecule has 1 aromatic heterocycles. The van der Waals surface area contributed by atoms with E-state index >= 15 is 0 Å². The van der Waals surface area contributed by atoms with E-state index in [4.69, 9.17) is 4.74 Å². The van der Waals surface area contributed by atoms with Gasteiger partial charge in [-0.05, 0) is 42.6 Å². The van der Waals surface area contributed by atoms with E-state index in [-0.39, 0.29) is 0 Å². The van der Waals surface area contributed by atoms with Crippen molar-refractivity contribution in [3.8, 4) is 5.75 Å². The fourth-order valence-corrected chi connectivity index (χ4v) is 2.68. The Labute approximate surface area is 120 Å². The second-order valence-corrected chi connectivity index (χ2v) is 5.19. The summed E-state index contributed by atoms with van der Waals surface area (Å²) in [4.78, 5) is 4.14. The number of pyridine rings is 1. The molecule has 0 spiro atoms. The fourth-order valence-electron chi connectivity index (χ4n) is 2.68. The molecule has 0 bridgehead atoms. The van der Waals surface area contributed by atoms with Gasteiger partial charge >= 0.3 is 0 Å². The molecule has 0 radical (unpaired) electrons. The molecule has 2 aromatic rings. The first-order valence-corrected chi connectivity index (χ1v) is 7.25. The predicted octanol–water partition coefficient (Wildman–Crippen LogP) is 2.78. The van der Waals surface area contributed by atoms with Gasteiger partial charge in [-0.25, -0.2) is 0 Å². The lowest BCUT2D eigenvalue weighted by Crippen LogP contribution is -2.27. The standard InChI is InChI=1S/C17H20N2O/c1-2-6-17-16(5-1)15(8-11-20-17)13-19-10-7-14-4-3-9-18-12-14/h1-6,9,12,15,19H,7-8,10-11,13H2. The van der Waals surface area contributed by atoms with Crippen LogP contribution in [0.3, 0.4) is 0 Å². The minimum Gasteiger partial charge on any atom is -0.493 e. The molecule has 0 saturated carbocycles. The van der Waals surface area contributed by atoms with Crippen LogP contribution in [-0.4, -0.2) is 24.7 Å². The van der Waals surface area contributed by atoms with Gasteiger partial charge in [0, 0.05) is 24.9 Å². The van der Waals surface area contributed by atoms with Crippen LogP contribution in [0.25, 0.3) is 0 Å². The lowest BCUT2D eigenvalue weighted by molar-refractivity contribution is 0.265. The SMILES string of the molecule is c1cncc(CCNCC2CCOc3ccccc32)c1. The Kier molecular flexibility index (Phi) is 4.28. The van der Waals surface area contributed by atoms with Gasteiger partial charge in [-0.3, -0.25) is 4.98 Å². The largest absolute Gasteiger partial charge is 0.493 e. The summed E-state index contributed by atoms with van der Waals surface area (Å²) in [5, 5.41) is 3.56. The molecule has 0 aliphatic carbocycles. The summed E-state index contributed by atoms with van der Waals surface area (Å²) in [7, 11) is 0. The topological polar surface area (TPSA) is 34.2 Å². The third kappa shape index (κ3) is 3.17. The van der Waals surface area contributed by atoms with Gasteiger partial charge in [0.15, 0.2) is 0 Å². The van der Waals surface area contributed by atoms with Crippen molar-refractivity contribution >= 4 is 0 Å². The third-order valence-corrected chi connectivity index (χ3v) is 3.79. The molecule has 0 saturated heterocycles. The van der Waals surface area contributed by atoms with Crippen molar-refractivity contribution in [1.82, 2.24) is 10.3 Å². The first kappa shape index (κ1) is 13.1. The Hall–Kier alpha value is -1.87. The highest BCUT2D eigenvalue weighted by Crippen LogP contribution is 2.32. The van der Waals surface area contributed by atoms with E-state index in [1.807, 2.05) is 24.5 Å². The molecule has 104 valence electrons. The lowest BCUT2D eigenvalue weighted by Gasteiger charge is -2.26. The highest BCUT2D eigenvalue weighted by molar-refractivity contribution is 5.37. The van der Waals surface area contributed by atoms with E-state index in [9.17, 15) is 0 Å². The van der Waals surface area contributed by atoms with Crippen LogP contribution in [0.4, 0.5) is 0 Å². The smallest absolute Gasteiger partial charge is 0.122 e. The normalized spacial score (nSPS) is 17.3. The Morgan fingerprint density at radius 2 is 2.15 bits per heavy atom. The summed E-state index contributed by atoms with van der Waals surface area (Å²) < 4.78 is 5.69. The minimum atomic E-state index is 0.564. The number of aromatic nitrogens is 1. The summed E-state index contributed by atoms with van der Waals surface area (Å²) in [6.07, 6.45) is 5.87. The molecule has 1 unspecified atom stereocenters. The Morgan fingerprint density at radius 1 is 1.20 bits per heavy atom. The minimum absolute atomic E-state index is 0.564. The zero-order valence-corrected chi connectivity index (χ0v) is 11.6. The van der Waals surface area contributed by atoms with Crippen molar-refractivity contribution in [3.05, 3.63) is 59.9 Å². The number of hydrogen-bond donors (Lipinski definition) is 1. The average Bonchev–Trinajstić information content (AvgIpc) is 2.53. The molecule has 1 aliphatic heterocycles. The summed E-state index contributed by atoms with van der Waals surface area (Å²) in [5.74, 6) is 1.62. The van der Waals surface area contributed by atoms with Gasteiger partial charge in [-0.2, -0.15) is 0 Å². The zero-order chi connectivity index (χ0) is 13.6. The highest BCUT2D eigenvalue weighted by Gasteiger charge is 2.20. The average molecular weight is 268 g/mol. The molecule has 1 aromatic carbocycles. The number of nitrogens with zero attached hydrogens (tertiary/aromatic N) is 1. The van der Waals surface area contributed by atoms with Crippen LogP contribution in [-0.2, 0) is 6.42 Å². The molecular weight excluding hydrogens is 248 g/mol. The number of nitrogens with one attached hydrogen (secondary N) is 1. The molecule has 0 fully saturated rings. The van der Waals surface area contributed by atoms with Crippen LogP contribution in [0.15, 0.2) is 48.8 Å². The van der Waals surface area contributed by atoms with Crippen molar-refractivity contribution < 1.29 is 4.74 Å². The lowest BCUT2D eigenvalue weighted by atomic mass is 9.93. The fraction of sp³-hybridized carbons (Fsp3) is 0.353. The number of rotatable bonds is 5. The van der Waals surface area contributed by atoms with Gasteiger partial charge in [-0.15, -0.1) is 0 Å². The first-order chi connectivity index (χ1) is 9.93. The monoisotopic (exact) mass is 268 g/mol.